The first-order valence-corrected chi connectivity index (χ1v) is 25.9. The topological polar surface area (TPSA) is 152 Å². The number of carbonyl (C=O) groups is 2. The molecule has 1 aromatic heterocycles. The number of hydrogen-bond acceptors (Lipinski definition) is 10. The van der Waals surface area contributed by atoms with Crippen molar-refractivity contribution < 1.29 is 34.0 Å². The van der Waals surface area contributed by atoms with Crippen molar-refractivity contribution in [2.45, 2.75) is 95.4 Å². The lowest BCUT2D eigenvalue weighted by molar-refractivity contribution is -0.146. The lowest BCUT2D eigenvalue weighted by Gasteiger charge is -2.37. The van der Waals surface area contributed by atoms with Crippen LogP contribution >= 0.6 is 11.6 Å². The van der Waals surface area contributed by atoms with Gasteiger partial charge in [0.25, 0.3) is 5.91 Å². The summed E-state index contributed by atoms with van der Waals surface area (Å²) >= 11 is 6.78. The summed E-state index contributed by atoms with van der Waals surface area (Å²) in [5, 5.41) is 32.6. The van der Waals surface area contributed by atoms with Gasteiger partial charge in [0.15, 0.2) is 5.60 Å². The van der Waals surface area contributed by atoms with E-state index in [4.69, 9.17) is 25.8 Å². The van der Waals surface area contributed by atoms with Crippen LogP contribution in [0, 0.1) is 5.92 Å². The maximum absolute atomic E-state index is 15.5. The molecule has 1 spiro atoms. The maximum Gasteiger partial charge on any atom is 0.264 e. The highest BCUT2D eigenvalue weighted by atomic mass is 35.5. The molecular formula is C49H59ClN6O7Si. The Kier molecular flexibility index (Phi) is 13.6. The van der Waals surface area contributed by atoms with Crippen LogP contribution in [0.1, 0.15) is 55.5 Å². The molecule has 0 aliphatic carbocycles. The second kappa shape index (κ2) is 19.2. The molecule has 64 heavy (non-hydrogen) atoms. The molecule has 5 atom stereocenters. The number of nitrogens with one attached hydrogen (secondary N) is 1. The second-order valence-electron chi connectivity index (χ2n) is 17.6. The van der Waals surface area contributed by atoms with Gasteiger partial charge in [-0.3, -0.25) is 19.2 Å². The van der Waals surface area contributed by atoms with Gasteiger partial charge in [-0.05, 0) is 116 Å². The lowest BCUT2D eigenvalue weighted by Crippen LogP contribution is -2.51. The summed E-state index contributed by atoms with van der Waals surface area (Å²) in [6.45, 7) is 10.9. The number of hydrogen-bond donors (Lipinski definition) is 3. The van der Waals surface area contributed by atoms with Crippen LogP contribution in [0.15, 0.2) is 91.1 Å². The average Bonchev–Trinajstić information content (AvgIpc) is 3.94. The minimum atomic E-state index is -2.40. The molecule has 3 aliphatic heterocycles. The van der Waals surface area contributed by atoms with Gasteiger partial charge in [0.2, 0.25) is 5.91 Å². The Morgan fingerprint density at radius 3 is 2.42 bits per heavy atom. The van der Waals surface area contributed by atoms with Crippen molar-refractivity contribution in [2.24, 2.45) is 5.92 Å². The number of halogens is 1. The number of aryl methyl sites for hydroxylation is 1. The monoisotopic (exact) mass is 906 g/mol. The number of aromatic nitrogens is 3. The molecule has 1 fully saturated rings. The van der Waals surface area contributed by atoms with Crippen LogP contribution in [0.25, 0.3) is 0 Å². The quantitative estimate of drug-likeness (QED) is 0.0642. The molecule has 8 rings (SSSR count). The number of aliphatic hydroxyl groups is 2. The standard InChI is InChI=1S/C49H59ClN6O7Si/c1-6-62-39-16-20-43-34(27-39)28-42(51-23-7-8-25-57)47(59)56(43)37-12-9-33(10-13-37)30-55-44-19-11-35(50)29-41(44)49(48(55)60)32(2)46(64(4,5)40-17-14-38(61-3)15-18-40)45(63-49)21-24-54-31-36(22-26-58)52-53-54/h9-20,27,29,31-32,42,45-46,51,57-58H,6-8,21-26,28,30H2,1-5H3/t32-,42?,45+,46-,49+/m1/s1. The van der Waals surface area contributed by atoms with Crippen LogP contribution in [0.2, 0.25) is 23.7 Å². The van der Waals surface area contributed by atoms with E-state index in [-0.39, 0.29) is 49.1 Å². The molecular weight excluding hydrogens is 848 g/mol. The van der Waals surface area contributed by atoms with Gasteiger partial charge in [0.1, 0.15) is 11.5 Å². The first-order valence-electron chi connectivity index (χ1n) is 22.4. The zero-order valence-electron chi connectivity index (χ0n) is 37.3. The van der Waals surface area contributed by atoms with Crippen molar-refractivity contribution in [1.29, 1.82) is 0 Å². The van der Waals surface area contributed by atoms with Crippen molar-refractivity contribution in [1.82, 2.24) is 20.3 Å². The highest BCUT2D eigenvalue weighted by Gasteiger charge is 2.66. The van der Waals surface area contributed by atoms with Gasteiger partial charge in [-0.25, -0.2) is 0 Å². The number of rotatable bonds is 18. The third-order valence-electron chi connectivity index (χ3n) is 13.5. The van der Waals surface area contributed by atoms with Crippen LogP contribution in [-0.4, -0.2) is 90.7 Å². The Morgan fingerprint density at radius 1 is 0.953 bits per heavy atom. The van der Waals surface area contributed by atoms with Crippen molar-refractivity contribution in [3.63, 3.8) is 0 Å². The normalized spacial score (nSPS) is 21.8. The largest absolute Gasteiger partial charge is 0.497 e. The molecule has 0 bridgehead atoms. The van der Waals surface area contributed by atoms with Gasteiger partial charge in [-0.15, -0.1) is 5.10 Å². The minimum absolute atomic E-state index is 0.00688. The summed E-state index contributed by atoms with van der Waals surface area (Å²) in [6.07, 6.45) is 4.53. The van der Waals surface area contributed by atoms with Crippen molar-refractivity contribution in [3.8, 4) is 11.5 Å². The van der Waals surface area contributed by atoms with E-state index in [9.17, 15) is 15.0 Å². The van der Waals surface area contributed by atoms with Gasteiger partial charge in [0.05, 0.1) is 57.5 Å². The first-order chi connectivity index (χ1) is 30.9. The predicted molar refractivity (Wildman–Crippen MR) is 251 cm³/mol. The van der Waals surface area contributed by atoms with E-state index in [2.05, 4.69) is 47.8 Å². The predicted octanol–water partition coefficient (Wildman–Crippen LogP) is 6.68. The molecule has 1 saturated heterocycles. The molecule has 4 heterocycles. The highest BCUT2D eigenvalue weighted by molar-refractivity contribution is 6.91. The summed E-state index contributed by atoms with van der Waals surface area (Å²) in [7, 11) is -0.736. The zero-order chi connectivity index (χ0) is 45.2. The number of unbranched alkanes of at least 4 members (excludes halogenated alkanes) is 1. The summed E-state index contributed by atoms with van der Waals surface area (Å²) < 4.78 is 20.5. The van der Waals surface area contributed by atoms with E-state index in [0.717, 1.165) is 57.4 Å². The molecule has 1 unspecified atom stereocenters. The molecule has 5 aromatic rings. The number of methoxy groups -OCH3 is 1. The number of aliphatic hydroxyl groups excluding tert-OH is 2. The summed E-state index contributed by atoms with van der Waals surface area (Å²) in [5.41, 5.74) is 4.40. The fraction of sp³-hybridized carbons (Fsp3) is 0.429. The first kappa shape index (κ1) is 45.5. The molecule has 3 aliphatic rings. The Morgan fingerprint density at radius 2 is 1.70 bits per heavy atom. The summed E-state index contributed by atoms with van der Waals surface area (Å²) in [4.78, 5) is 33.2. The molecule has 15 heteroatoms. The molecule has 338 valence electrons. The number of amides is 2. The Labute approximate surface area is 381 Å². The Balaban J connectivity index is 1.10. The maximum atomic E-state index is 15.5. The minimum Gasteiger partial charge on any atom is -0.497 e. The molecule has 4 aromatic carbocycles. The van der Waals surface area contributed by atoms with Crippen LogP contribution in [0.5, 0.6) is 11.5 Å². The Hall–Kier alpha value is -5.09. The van der Waals surface area contributed by atoms with E-state index in [1.165, 1.54) is 5.19 Å². The van der Waals surface area contributed by atoms with E-state index >= 15 is 4.79 Å². The van der Waals surface area contributed by atoms with E-state index < -0.39 is 19.7 Å². The third-order valence-corrected chi connectivity index (χ3v) is 18.0. The number of fused-ring (bicyclic) bond motifs is 3. The fourth-order valence-electron chi connectivity index (χ4n) is 10.3. The van der Waals surface area contributed by atoms with Crippen molar-refractivity contribution in [2.75, 3.05) is 43.3 Å². The van der Waals surface area contributed by atoms with E-state index in [0.29, 0.717) is 50.4 Å². The van der Waals surface area contributed by atoms with Gasteiger partial charge < -0.3 is 34.6 Å². The van der Waals surface area contributed by atoms with Crippen molar-refractivity contribution in [3.05, 3.63) is 119 Å². The van der Waals surface area contributed by atoms with Crippen molar-refractivity contribution >= 4 is 53.7 Å². The van der Waals surface area contributed by atoms with E-state index in [1.807, 2.05) is 90.8 Å². The molecule has 2 amide bonds. The van der Waals surface area contributed by atoms with Crippen LogP contribution < -0.4 is 29.8 Å². The highest BCUT2D eigenvalue weighted by Crippen LogP contribution is 2.60. The molecule has 13 nitrogen and oxygen atoms in total. The van der Waals surface area contributed by atoms with E-state index in [1.54, 1.807) is 16.7 Å². The van der Waals surface area contributed by atoms with Gasteiger partial charge >= 0.3 is 0 Å². The third kappa shape index (κ3) is 8.59. The number of nitrogens with zero attached hydrogens (tertiary/aromatic N) is 5. The van der Waals surface area contributed by atoms with Gasteiger partial charge in [0, 0.05) is 54.6 Å². The smallest absolute Gasteiger partial charge is 0.264 e. The molecule has 3 N–H and O–H groups in total. The Bertz CT molecular complexity index is 2450. The second-order valence-corrected chi connectivity index (χ2v) is 22.8. The van der Waals surface area contributed by atoms with Crippen LogP contribution in [0.3, 0.4) is 0 Å². The number of ether oxygens (including phenoxy) is 3. The average molecular weight is 908 g/mol. The van der Waals surface area contributed by atoms with Gasteiger partial charge in [-0.1, -0.05) is 66.3 Å². The summed E-state index contributed by atoms with van der Waals surface area (Å²) in [6, 6.07) is 27.2. The number of carbonyl (C=O) groups excluding carboxylic acids is 2. The zero-order valence-corrected chi connectivity index (χ0v) is 39.1. The van der Waals surface area contributed by atoms with Crippen LogP contribution in [-0.2, 0) is 45.9 Å². The fourth-order valence-corrected chi connectivity index (χ4v) is 14.5. The number of anilines is 3. The SMILES string of the molecule is CCOc1ccc2c(c1)CC(NCCCCO)C(=O)N2c1ccc(CN2C(=O)[C@@]3(O[C@@H](CCn4cc(CCO)nn4)[C@H]([Si](C)(C)c4ccc(OC)cc4)[C@H]3C)c3cc(Cl)ccc32)cc1. The lowest BCUT2D eigenvalue weighted by atomic mass is 9.82. The van der Waals surface area contributed by atoms with Gasteiger partial charge in [-0.2, -0.15) is 0 Å². The van der Waals surface area contributed by atoms with Crippen LogP contribution in [0.4, 0.5) is 17.1 Å². The number of benzene rings is 4. The molecule has 0 radical (unpaired) electrons. The summed E-state index contributed by atoms with van der Waals surface area (Å²) in [5.74, 6) is 1.14. The molecule has 0 saturated carbocycles.